The number of carboxylic acid groups (broad SMARTS) is 1. The van der Waals surface area contributed by atoms with Gasteiger partial charge in [0.1, 0.15) is 0 Å². The minimum absolute atomic E-state index is 0.0417. The Hall–Kier alpha value is -3.06. The lowest BCUT2D eigenvalue weighted by atomic mass is 10.4. The van der Waals surface area contributed by atoms with Gasteiger partial charge in [0.2, 0.25) is 11.8 Å². The first kappa shape index (κ1) is 24.0. The van der Waals surface area contributed by atoms with Gasteiger partial charge in [-0.3, -0.25) is 4.79 Å². The van der Waals surface area contributed by atoms with Crippen LogP contribution in [0.4, 0.5) is 32.3 Å². The maximum Gasteiger partial charge on any atom is 0.410 e. The topological polar surface area (TPSA) is 117 Å². The van der Waals surface area contributed by atoms with Gasteiger partial charge >= 0.3 is 18.3 Å². The number of rotatable bonds is 7. The lowest BCUT2D eigenvalue weighted by molar-refractivity contribution is -0.132. The van der Waals surface area contributed by atoms with Gasteiger partial charge in [0.15, 0.2) is 0 Å². The molecule has 0 spiro atoms. The van der Waals surface area contributed by atoms with Gasteiger partial charge in [-0.2, -0.15) is 31.3 Å². The molecule has 1 aliphatic rings. The summed E-state index contributed by atoms with van der Waals surface area (Å²) in [5.74, 6) is -1.16. The number of aliphatic carboxylic acids is 1. The number of allylic oxidation sites excluding steroid dienone is 2. The Morgan fingerprint density at radius 3 is 2.14 bits per heavy atom. The van der Waals surface area contributed by atoms with Crippen LogP contribution in [0.1, 0.15) is 24.7 Å². The van der Waals surface area contributed by atoms with Crippen LogP contribution >= 0.6 is 0 Å². The molecule has 2 rings (SSSR count). The van der Waals surface area contributed by atoms with Crippen molar-refractivity contribution in [2.75, 3.05) is 18.4 Å². The Labute approximate surface area is 159 Å². The Balaban J connectivity index is 0.000000396. The Morgan fingerprint density at radius 2 is 1.66 bits per heavy atom. The fraction of sp³-hybridized carbons (Fsp3) is 0.467. The van der Waals surface area contributed by atoms with Gasteiger partial charge in [0, 0.05) is 43.3 Å². The second-order valence-corrected chi connectivity index (χ2v) is 5.54. The Morgan fingerprint density at radius 1 is 1.07 bits per heavy atom. The highest BCUT2D eigenvalue weighted by Gasteiger charge is 2.29. The first-order valence-corrected chi connectivity index (χ1v) is 7.96. The average molecular weight is 430 g/mol. The SMILES string of the molecule is O=C(/C=C/C(F)(F)F)NCCNc1noc(C2CC2)n1.O=C(O)/C=C/C(F)(F)F. The van der Waals surface area contributed by atoms with Gasteiger partial charge in [0.05, 0.1) is 0 Å². The van der Waals surface area contributed by atoms with Crippen molar-refractivity contribution in [1.82, 2.24) is 15.5 Å². The van der Waals surface area contributed by atoms with Crippen LogP contribution in [0.5, 0.6) is 0 Å². The lowest BCUT2D eigenvalue weighted by Gasteiger charge is -2.02. The van der Waals surface area contributed by atoms with Crippen molar-refractivity contribution in [3.05, 3.63) is 30.2 Å². The molecule has 162 valence electrons. The third kappa shape index (κ3) is 12.9. The summed E-state index contributed by atoms with van der Waals surface area (Å²) in [6, 6.07) is 0. The molecule has 1 aromatic heterocycles. The molecule has 1 saturated carbocycles. The van der Waals surface area contributed by atoms with Crippen molar-refractivity contribution in [1.29, 1.82) is 0 Å². The summed E-state index contributed by atoms with van der Waals surface area (Å²) in [6.07, 6.45) is -6.89. The number of nitrogens with zero attached hydrogens (tertiary/aromatic N) is 2. The highest BCUT2D eigenvalue weighted by molar-refractivity contribution is 5.87. The number of carboxylic acids is 1. The van der Waals surface area contributed by atoms with E-state index in [1.54, 1.807) is 0 Å². The van der Waals surface area contributed by atoms with Crippen molar-refractivity contribution < 1.29 is 45.6 Å². The predicted octanol–water partition coefficient (Wildman–Crippen LogP) is 2.78. The summed E-state index contributed by atoms with van der Waals surface area (Å²) in [7, 11) is 0. The molecule has 0 unspecified atom stereocenters. The zero-order valence-electron chi connectivity index (χ0n) is 14.5. The van der Waals surface area contributed by atoms with Gasteiger partial charge in [-0.25, -0.2) is 4.79 Å². The molecular formula is C15H16F6N4O4. The van der Waals surface area contributed by atoms with E-state index in [1.165, 1.54) is 0 Å². The third-order valence-electron chi connectivity index (χ3n) is 2.91. The summed E-state index contributed by atoms with van der Waals surface area (Å²) in [6.45, 7) is 0.434. The Bertz CT molecular complexity index is 738. The normalized spacial score (nSPS) is 14.6. The first-order valence-electron chi connectivity index (χ1n) is 7.96. The molecule has 29 heavy (non-hydrogen) atoms. The van der Waals surface area contributed by atoms with Gasteiger partial charge in [-0.1, -0.05) is 0 Å². The number of halogens is 6. The van der Waals surface area contributed by atoms with Crippen LogP contribution in [0.15, 0.2) is 28.8 Å². The number of amides is 1. The second kappa shape index (κ2) is 10.5. The predicted molar refractivity (Wildman–Crippen MR) is 85.8 cm³/mol. The van der Waals surface area contributed by atoms with Crippen molar-refractivity contribution >= 4 is 17.8 Å². The van der Waals surface area contributed by atoms with Crippen molar-refractivity contribution in [3.8, 4) is 0 Å². The number of hydrogen-bond donors (Lipinski definition) is 3. The van der Waals surface area contributed by atoms with E-state index >= 15 is 0 Å². The zero-order valence-corrected chi connectivity index (χ0v) is 14.5. The van der Waals surface area contributed by atoms with Crippen LogP contribution in [-0.4, -0.2) is 52.6 Å². The van der Waals surface area contributed by atoms with E-state index in [0.717, 1.165) is 12.8 Å². The summed E-state index contributed by atoms with van der Waals surface area (Å²) < 4.78 is 73.6. The molecule has 14 heteroatoms. The zero-order chi connectivity index (χ0) is 22.1. The minimum atomic E-state index is -4.53. The molecule has 0 atom stereocenters. The fourth-order valence-electron chi connectivity index (χ4n) is 1.56. The van der Waals surface area contributed by atoms with E-state index in [4.69, 9.17) is 9.63 Å². The standard InChI is InChI=1S/C11H13F3N4O2.C4H3F3O2/c12-11(13,14)4-3-8(19)15-5-6-16-10-17-9(20-18-10)7-1-2-7;5-4(6,7)2-1-3(8)9/h3-4,7H,1-2,5-6H2,(H,15,19)(H,16,18);1-2H,(H,8,9)/b4-3+;2-1+. The second-order valence-electron chi connectivity index (χ2n) is 5.54. The average Bonchev–Trinajstić information content (AvgIpc) is 3.33. The molecule has 0 aliphatic heterocycles. The van der Waals surface area contributed by atoms with Crippen LogP contribution in [0.25, 0.3) is 0 Å². The van der Waals surface area contributed by atoms with E-state index in [2.05, 4.69) is 20.8 Å². The van der Waals surface area contributed by atoms with E-state index in [1.807, 2.05) is 0 Å². The number of aromatic nitrogens is 2. The van der Waals surface area contributed by atoms with Gasteiger partial charge < -0.3 is 20.3 Å². The summed E-state index contributed by atoms with van der Waals surface area (Å²) in [4.78, 5) is 24.6. The lowest BCUT2D eigenvalue weighted by Crippen LogP contribution is -2.27. The van der Waals surface area contributed by atoms with E-state index in [0.29, 0.717) is 23.8 Å². The third-order valence-corrected chi connectivity index (χ3v) is 2.91. The highest BCUT2D eigenvalue weighted by Crippen LogP contribution is 2.39. The molecule has 8 nitrogen and oxygen atoms in total. The van der Waals surface area contributed by atoms with E-state index < -0.39 is 24.2 Å². The maximum absolute atomic E-state index is 11.8. The summed E-state index contributed by atoms with van der Waals surface area (Å²) >= 11 is 0. The number of carbonyl (C=O) groups is 2. The van der Waals surface area contributed by atoms with E-state index in [9.17, 15) is 35.9 Å². The molecule has 3 N–H and O–H groups in total. The number of anilines is 1. The monoisotopic (exact) mass is 430 g/mol. The molecule has 1 amide bonds. The maximum atomic E-state index is 11.8. The van der Waals surface area contributed by atoms with Crippen molar-refractivity contribution in [2.45, 2.75) is 31.1 Å². The number of nitrogens with one attached hydrogen (secondary N) is 2. The smallest absolute Gasteiger partial charge is 0.410 e. The van der Waals surface area contributed by atoms with Gasteiger partial charge in [-0.05, 0) is 18.0 Å². The molecule has 1 aliphatic carbocycles. The molecule has 0 saturated heterocycles. The number of carbonyl (C=O) groups excluding carboxylic acids is 1. The van der Waals surface area contributed by atoms with Crippen LogP contribution in [0.2, 0.25) is 0 Å². The molecular weight excluding hydrogens is 414 g/mol. The number of alkyl halides is 6. The quantitative estimate of drug-likeness (QED) is 0.346. The van der Waals surface area contributed by atoms with Crippen LogP contribution in [-0.2, 0) is 9.59 Å². The molecule has 0 bridgehead atoms. The summed E-state index contributed by atoms with van der Waals surface area (Å²) in [5.41, 5.74) is 0. The molecule has 1 aromatic rings. The minimum Gasteiger partial charge on any atom is -0.478 e. The molecule has 0 radical (unpaired) electrons. The van der Waals surface area contributed by atoms with Crippen LogP contribution in [0.3, 0.4) is 0 Å². The highest BCUT2D eigenvalue weighted by atomic mass is 19.4. The van der Waals surface area contributed by atoms with Gasteiger partial charge in [0.25, 0.3) is 5.95 Å². The van der Waals surface area contributed by atoms with Crippen molar-refractivity contribution in [2.24, 2.45) is 0 Å². The number of hydrogen-bond acceptors (Lipinski definition) is 6. The largest absolute Gasteiger partial charge is 0.478 e. The van der Waals surface area contributed by atoms with E-state index in [-0.39, 0.29) is 31.3 Å². The van der Waals surface area contributed by atoms with Crippen LogP contribution in [0, 0.1) is 0 Å². The van der Waals surface area contributed by atoms with Crippen LogP contribution < -0.4 is 10.6 Å². The van der Waals surface area contributed by atoms with Gasteiger partial charge in [-0.15, -0.1) is 0 Å². The summed E-state index contributed by atoms with van der Waals surface area (Å²) in [5, 5.41) is 16.5. The molecule has 0 aromatic carbocycles. The molecule has 1 heterocycles. The molecule has 1 fully saturated rings. The Kier molecular flexibility index (Phi) is 8.66. The first-order chi connectivity index (χ1) is 13.4. The fourth-order valence-corrected chi connectivity index (χ4v) is 1.56. The van der Waals surface area contributed by atoms with Crippen molar-refractivity contribution in [3.63, 3.8) is 0 Å².